The molecule has 5 nitrogen and oxygen atoms in total. The molecule has 1 N–H and O–H groups in total. The zero-order chi connectivity index (χ0) is 16.8. The number of nitrogens with one attached hydrogen (secondary N) is 1. The first-order valence-electron chi connectivity index (χ1n) is 7.70. The number of carbonyl (C=O) groups is 1. The number of benzene rings is 1. The first-order valence-corrected chi connectivity index (χ1v) is 7.70. The number of nitriles is 2. The molecule has 2 rings (SSSR count). The summed E-state index contributed by atoms with van der Waals surface area (Å²) < 4.78 is 0. The number of piperidine rings is 1. The van der Waals surface area contributed by atoms with Crippen molar-refractivity contribution in [3.8, 4) is 12.1 Å². The monoisotopic (exact) mass is 308 g/mol. The molecular formula is C18H20N4O. The number of carbonyl (C=O) groups excluding carboxylic acids is 1. The Hall–Kier alpha value is -2.79. The molecule has 0 spiro atoms. The van der Waals surface area contributed by atoms with E-state index in [1.54, 1.807) is 30.5 Å². The molecule has 1 amide bonds. The summed E-state index contributed by atoms with van der Waals surface area (Å²) in [5, 5.41) is 21.0. The van der Waals surface area contributed by atoms with E-state index in [1.165, 1.54) is 0 Å². The second kappa shape index (κ2) is 7.47. The van der Waals surface area contributed by atoms with Crippen molar-refractivity contribution in [2.24, 2.45) is 11.8 Å². The third-order valence-corrected chi connectivity index (χ3v) is 3.87. The standard InChI is InChI=1S/C18H20N4O/c1-13-7-14(2)11-22(10-13)12-16(9-20)18(23)21-17-6-4-3-5-15(17)8-19/h3-6,12-14H,7,10-11H2,1-2H3,(H,21,23)/b16-12-. The molecule has 1 fully saturated rings. The lowest BCUT2D eigenvalue weighted by atomic mass is 9.92. The Labute approximate surface area is 136 Å². The Kier molecular flexibility index (Phi) is 5.38. The Bertz CT molecular complexity index is 686. The Morgan fingerprint density at radius 2 is 1.91 bits per heavy atom. The van der Waals surface area contributed by atoms with Crippen LogP contribution >= 0.6 is 0 Å². The minimum atomic E-state index is -0.485. The van der Waals surface area contributed by atoms with Gasteiger partial charge in [-0.2, -0.15) is 10.5 Å². The lowest BCUT2D eigenvalue weighted by molar-refractivity contribution is -0.112. The summed E-state index contributed by atoms with van der Waals surface area (Å²) in [7, 11) is 0. The van der Waals surface area contributed by atoms with E-state index in [9.17, 15) is 10.1 Å². The fourth-order valence-electron chi connectivity index (χ4n) is 3.02. The number of likely N-dealkylation sites (tertiary alicyclic amines) is 1. The van der Waals surface area contributed by atoms with Gasteiger partial charge in [-0.05, 0) is 30.4 Å². The molecule has 0 radical (unpaired) electrons. The lowest BCUT2D eigenvalue weighted by Crippen LogP contribution is -2.35. The van der Waals surface area contributed by atoms with Crippen molar-refractivity contribution in [2.75, 3.05) is 18.4 Å². The van der Waals surface area contributed by atoms with Crippen molar-refractivity contribution in [3.05, 3.63) is 41.6 Å². The predicted molar refractivity (Wildman–Crippen MR) is 88.0 cm³/mol. The lowest BCUT2D eigenvalue weighted by Gasteiger charge is -2.34. The van der Waals surface area contributed by atoms with E-state index < -0.39 is 5.91 Å². The van der Waals surface area contributed by atoms with Crippen LogP contribution in [0.5, 0.6) is 0 Å². The van der Waals surface area contributed by atoms with Crippen LogP contribution in [-0.4, -0.2) is 23.9 Å². The first-order chi connectivity index (χ1) is 11.0. The van der Waals surface area contributed by atoms with Gasteiger partial charge in [-0.1, -0.05) is 26.0 Å². The van der Waals surface area contributed by atoms with Crippen molar-refractivity contribution < 1.29 is 4.79 Å². The van der Waals surface area contributed by atoms with E-state index in [1.807, 2.05) is 17.0 Å². The maximum absolute atomic E-state index is 12.3. The van der Waals surface area contributed by atoms with E-state index in [-0.39, 0.29) is 5.57 Å². The molecule has 2 atom stereocenters. The van der Waals surface area contributed by atoms with Crippen molar-refractivity contribution in [3.63, 3.8) is 0 Å². The molecule has 1 aromatic carbocycles. The van der Waals surface area contributed by atoms with Gasteiger partial charge in [0.25, 0.3) is 5.91 Å². The highest BCUT2D eigenvalue weighted by atomic mass is 16.1. The smallest absolute Gasteiger partial charge is 0.267 e. The number of hydrogen-bond acceptors (Lipinski definition) is 4. The molecule has 1 aliphatic heterocycles. The third-order valence-electron chi connectivity index (χ3n) is 3.87. The number of rotatable bonds is 3. The number of amides is 1. The van der Waals surface area contributed by atoms with Crippen LogP contribution < -0.4 is 5.32 Å². The molecule has 0 bridgehead atoms. The summed E-state index contributed by atoms with van der Waals surface area (Å²) in [5.74, 6) is 0.593. The molecule has 23 heavy (non-hydrogen) atoms. The molecule has 1 aliphatic rings. The minimum absolute atomic E-state index is 0.0547. The molecule has 5 heteroatoms. The van der Waals surface area contributed by atoms with Gasteiger partial charge in [0.15, 0.2) is 0 Å². The largest absolute Gasteiger partial charge is 0.376 e. The number of nitrogens with zero attached hydrogens (tertiary/aromatic N) is 3. The van der Waals surface area contributed by atoms with Crippen LogP contribution in [0.4, 0.5) is 5.69 Å². The number of para-hydroxylation sites is 1. The molecule has 1 saturated heterocycles. The second-order valence-corrected chi connectivity index (χ2v) is 6.17. The summed E-state index contributed by atoms with van der Waals surface area (Å²) in [6, 6.07) is 10.7. The summed E-state index contributed by atoms with van der Waals surface area (Å²) in [6.07, 6.45) is 2.80. The van der Waals surface area contributed by atoms with Gasteiger partial charge >= 0.3 is 0 Å². The van der Waals surface area contributed by atoms with Crippen LogP contribution in [-0.2, 0) is 4.79 Å². The van der Waals surface area contributed by atoms with Gasteiger partial charge in [0.05, 0.1) is 11.3 Å². The summed E-state index contributed by atoms with van der Waals surface area (Å²) in [5.41, 5.74) is 0.846. The highest BCUT2D eigenvalue weighted by Crippen LogP contribution is 2.22. The van der Waals surface area contributed by atoms with Crippen LogP contribution in [0.3, 0.4) is 0 Å². The quantitative estimate of drug-likeness (QED) is 0.688. The van der Waals surface area contributed by atoms with Crippen LogP contribution in [0.15, 0.2) is 36.0 Å². The van der Waals surface area contributed by atoms with Gasteiger partial charge in [-0.3, -0.25) is 4.79 Å². The molecule has 0 aliphatic carbocycles. The predicted octanol–water partition coefficient (Wildman–Crippen LogP) is 2.88. The fourth-order valence-corrected chi connectivity index (χ4v) is 3.02. The number of anilines is 1. The van der Waals surface area contributed by atoms with Crippen LogP contribution in [0.25, 0.3) is 0 Å². The SMILES string of the molecule is CC1CC(C)CN(/C=C(/C#N)C(=O)Nc2ccccc2C#N)C1. The topological polar surface area (TPSA) is 79.9 Å². The summed E-state index contributed by atoms with van der Waals surface area (Å²) >= 11 is 0. The average molecular weight is 308 g/mol. The fraction of sp³-hybridized carbons (Fsp3) is 0.389. The van der Waals surface area contributed by atoms with E-state index in [0.29, 0.717) is 23.1 Å². The Morgan fingerprint density at radius 1 is 1.26 bits per heavy atom. The maximum Gasteiger partial charge on any atom is 0.267 e. The molecule has 0 saturated carbocycles. The molecule has 1 aromatic rings. The third kappa shape index (κ3) is 4.34. The van der Waals surface area contributed by atoms with E-state index in [2.05, 4.69) is 19.2 Å². The van der Waals surface area contributed by atoms with Crippen LogP contribution in [0.2, 0.25) is 0 Å². The zero-order valence-corrected chi connectivity index (χ0v) is 13.4. The maximum atomic E-state index is 12.3. The number of hydrogen-bond donors (Lipinski definition) is 1. The molecule has 0 aromatic heterocycles. The molecular weight excluding hydrogens is 288 g/mol. The molecule has 2 unspecified atom stereocenters. The van der Waals surface area contributed by atoms with Crippen LogP contribution in [0.1, 0.15) is 25.8 Å². The normalized spacial score (nSPS) is 21.2. The average Bonchev–Trinajstić information content (AvgIpc) is 2.52. The summed E-state index contributed by atoms with van der Waals surface area (Å²) in [4.78, 5) is 14.3. The highest BCUT2D eigenvalue weighted by molar-refractivity contribution is 6.07. The van der Waals surface area contributed by atoms with Crippen molar-refractivity contribution in [1.82, 2.24) is 4.90 Å². The highest BCUT2D eigenvalue weighted by Gasteiger charge is 2.21. The van der Waals surface area contributed by atoms with Gasteiger partial charge in [0, 0.05) is 19.3 Å². The van der Waals surface area contributed by atoms with Gasteiger partial charge in [-0.15, -0.1) is 0 Å². The van der Waals surface area contributed by atoms with Crippen LogP contribution in [0, 0.1) is 34.5 Å². The first kappa shape index (κ1) is 16.6. The van der Waals surface area contributed by atoms with Crippen molar-refractivity contribution in [1.29, 1.82) is 10.5 Å². The van der Waals surface area contributed by atoms with Gasteiger partial charge in [-0.25, -0.2) is 0 Å². The molecule has 118 valence electrons. The molecule has 1 heterocycles. The summed E-state index contributed by atoms with van der Waals surface area (Å²) in [6.45, 7) is 6.03. The van der Waals surface area contributed by atoms with E-state index in [0.717, 1.165) is 19.5 Å². The van der Waals surface area contributed by atoms with Crippen molar-refractivity contribution >= 4 is 11.6 Å². The van der Waals surface area contributed by atoms with Gasteiger partial charge in [0.2, 0.25) is 0 Å². The second-order valence-electron chi connectivity index (χ2n) is 6.17. The minimum Gasteiger partial charge on any atom is -0.376 e. The van der Waals surface area contributed by atoms with E-state index in [4.69, 9.17) is 5.26 Å². The zero-order valence-electron chi connectivity index (χ0n) is 13.4. The Morgan fingerprint density at radius 3 is 2.52 bits per heavy atom. The Balaban J connectivity index is 2.14. The van der Waals surface area contributed by atoms with E-state index >= 15 is 0 Å². The van der Waals surface area contributed by atoms with Gasteiger partial charge < -0.3 is 10.2 Å². The van der Waals surface area contributed by atoms with Gasteiger partial charge in [0.1, 0.15) is 17.7 Å². The van der Waals surface area contributed by atoms with Crippen molar-refractivity contribution in [2.45, 2.75) is 20.3 Å².